The summed E-state index contributed by atoms with van der Waals surface area (Å²) in [5.41, 5.74) is 0.778. The van der Waals surface area contributed by atoms with Crippen LogP contribution in [0.25, 0.3) is 10.8 Å². The number of fused-ring (bicyclic) bond motifs is 1. The zero-order chi connectivity index (χ0) is 19.0. The highest BCUT2D eigenvalue weighted by Crippen LogP contribution is 2.65. The number of methoxy groups -OCH3 is 1. The van der Waals surface area contributed by atoms with E-state index in [1.54, 1.807) is 13.3 Å². The van der Waals surface area contributed by atoms with Crippen LogP contribution in [0.15, 0.2) is 53.7 Å². The summed E-state index contributed by atoms with van der Waals surface area (Å²) in [5.74, 6) is 1.54. The predicted molar refractivity (Wildman–Crippen MR) is 105 cm³/mol. The van der Waals surface area contributed by atoms with E-state index in [1.807, 2.05) is 36.4 Å². The molecule has 0 aromatic heterocycles. The Balaban J connectivity index is 1.38. The second-order valence-corrected chi connectivity index (χ2v) is 8.29. The van der Waals surface area contributed by atoms with Crippen molar-refractivity contribution in [1.29, 1.82) is 0 Å². The third-order valence-electron chi connectivity index (χ3n) is 7.09. The molecular formula is C23H20N2O3. The van der Waals surface area contributed by atoms with Gasteiger partial charge < -0.3 is 4.74 Å². The van der Waals surface area contributed by atoms with Gasteiger partial charge in [0.25, 0.3) is 11.8 Å². The zero-order valence-electron chi connectivity index (χ0n) is 15.5. The van der Waals surface area contributed by atoms with Crippen LogP contribution in [0, 0.1) is 35.5 Å². The molecule has 2 aromatic rings. The van der Waals surface area contributed by atoms with E-state index in [4.69, 9.17) is 4.74 Å². The summed E-state index contributed by atoms with van der Waals surface area (Å²) in [5, 5.41) is 7.53. The lowest BCUT2D eigenvalue weighted by Crippen LogP contribution is -2.40. The fourth-order valence-electron chi connectivity index (χ4n) is 5.76. The van der Waals surface area contributed by atoms with Gasteiger partial charge in [-0.25, -0.2) is 0 Å². The van der Waals surface area contributed by atoms with Gasteiger partial charge in [-0.2, -0.15) is 10.1 Å². The number of rotatable bonds is 3. The van der Waals surface area contributed by atoms with Gasteiger partial charge in [0, 0.05) is 5.56 Å². The Bertz CT molecular complexity index is 1050. The van der Waals surface area contributed by atoms with Crippen LogP contribution in [-0.4, -0.2) is 30.1 Å². The maximum atomic E-state index is 13.1. The Morgan fingerprint density at radius 3 is 2.36 bits per heavy atom. The van der Waals surface area contributed by atoms with Gasteiger partial charge in [0.2, 0.25) is 0 Å². The minimum atomic E-state index is -0.224. The number of benzene rings is 2. The third-order valence-corrected chi connectivity index (χ3v) is 7.09. The summed E-state index contributed by atoms with van der Waals surface area (Å²) in [6.45, 7) is 0. The third kappa shape index (κ3) is 1.99. The molecule has 5 heteroatoms. The molecule has 2 saturated carbocycles. The lowest BCUT2D eigenvalue weighted by Gasteiger charge is -2.37. The minimum absolute atomic E-state index is 0.143. The topological polar surface area (TPSA) is 59.0 Å². The van der Waals surface area contributed by atoms with Crippen molar-refractivity contribution in [2.45, 2.75) is 6.42 Å². The number of imide groups is 1. The van der Waals surface area contributed by atoms with Crippen molar-refractivity contribution in [3.63, 3.8) is 0 Å². The fraction of sp³-hybridized carbons (Fsp3) is 0.348. The van der Waals surface area contributed by atoms with Crippen molar-refractivity contribution in [2.75, 3.05) is 7.11 Å². The van der Waals surface area contributed by atoms with Crippen molar-refractivity contribution >= 4 is 28.8 Å². The first-order valence-electron chi connectivity index (χ1n) is 9.85. The molecule has 5 aliphatic rings. The van der Waals surface area contributed by atoms with Crippen molar-refractivity contribution in [3.05, 3.63) is 54.1 Å². The summed E-state index contributed by atoms with van der Waals surface area (Å²) in [6.07, 6.45) is 7.11. The Morgan fingerprint density at radius 2 is 1.68 bits per heavy atom. The molecule has 0 spiro atoms. The molecule has 0 radical (unpaired) electrons. The summed E-state index contributed by atoms with van der Waals surface area (Å²) >= 11 is 0. The Labute approximate surface area is 162 Å². The molecule has 2 aromatic carbocycles. The first kappa shape index (κ1) is 16.0. The monoisotopic (exact) mass is 372 g/mol. The van der Waals surface area contributed by atoms with Crippen LogP contribution < -0.4 is 4.74 Å². The Kier molecular flexibility index (Phi) is 3.17. The molecule has 2 bridgehead atoms. The summed E-state index contributed by atoms with van der Waals surface area (Å²) < 4.78 is 5.49. The van der Waals surface area contributed by atoms with Crippen LogP contribution in [-0.2, 0) is 9.59 Å². The maximum Gasteiger partial charge on any atom is 0.254 e. The largest absolute Gasteiger partial charge is 0.496 e. The molecular weight excluding hydrogens is 352 g/mol. The quantitative estimate of drug-likeness (QED) is 0.472. The summed E-state index contributed by atoms with van der Waals surface area (Å²) in [4.78, 5) is 26.1. The lowest BCUT2D eigenvalue weighted by atomic mass is 9.63. The standard InChI is InChI=1S/C23H20N2O3/c1-28-19-9-6-12-4-2-3-5-13(12)18(19)11-24-25-22(26)20-14-7-8-15(17-10-16(14)17)21(20)23(25)27/h2-9,11,14-17,20-21H,10H2,1H3/b24-11-/t14-,15-,16-,17+,20-,21+/m0/s1. The van der Waals surface area contributed by atoms with Crippen LogP contribution in [0.1, 0.15) is 12.0 Å². The molecule has 2 amide bonds. The van der Waals surface area contributed by atoms with E-state index in [0.717, 1.165) is 27.8 Å². The number of hydrazone groups is 1. The van der Waals surface area contributed by atoms with E-state index in [-0.39, 0.29) is 35.5 Å². The van der Waals surface area contributed by atoms with Gasteiger partial charge in [-0.05, 0) is 46.9 Å². The summed E-state index contributed by atoms with van der Waals surface area (Å²) in [6, 6.07) is 11.8. The number of allylic oxidation sites excluding steroid dienone is 2. The van der Waals surface area contributed by atoms with E-state index in [9.17, 15) is 9.59 Å². The first-order chi connectivity index (χ1) is 13.7. The molecule has 1 aliphatic heterocycles. The van der Waals surface area contributed by atoms with E-state index in [2.05, 4.69) is 17.3 Å². The van der Waals surface area contributed by atoms with Crippen LogP contribution >= 0.6 is 0 Å². The molecule has 3 fully saturated rings. The second kappa shape index (κ2) is 5.53. The zero-order valence-corrected chi connectivity index (χ0v) is 15.5. The van der Waals surface area contributed by atoms with Crippen molar-refractivity contribution in [1.82, 2.24) is 5.01 Å². The van der Waals surface area contributed by atoms with Crippen LogP contribution in [0.2, 0.25) is 0 Å². The number of nitrogens with zero attached hydrogens (tertiary/aromatic N) is 2. The maximum absolute atomic E-state index is 13.1. The van der Waals surface area contributed by atoms with Gasteiger partial charge >= 0.3 is 0 Å². The summed E-state index contributed by atoms with van der Waals surface area (Å²) in [7, 11) is 1.61. The number of hydrogen-bond donors (Lipinski definition) is 0. The lowest BCUT2D eigenvalue weighted by molar-refractivity contribution is -0.140. The highest BCUT2D eigenvalue weighted by atomic mass is 16.5. The smallest absolute Gasteiger partial charge is 0.254 e. The van der Waals surface area contributed by atoms with Gasteiger partial charge in [-0.15, -0.1) is 0 Å². The number of ether oxygens (including phenoxy) is 1. The first-order valence-corrected chi connectivity index (χ1v) is 9.85. The highest BCUT2D eigenvalue weighted by molar-refractivity contribution is 6.08. The van der Waals surface area contributed by atoms with Crippen LogP contribution in [0.4, 0.5) is 0 Å². The molecule has 7 rings (SSSR count). The SMILES string of the molecule is COc1ccc2ccccc2c1/C=N\N1C(=O)[C@@H]2[C@H]3C=C[C@@H]([C@@H]4C[C@H]34)[C@@H]2C1=O. The normalized spacial score (nSPS) is 35.0. The van der Waals surface area contributed by atoms with Crippen LogP contribution in [0.3, 0.4) is 0 Å². The van der Waals surface area contributed by atoms with Crippen LogP contribution in [0.5, 0.6) is 5.75 Å². The van der Waals surface area contributed by atoms with E-state index in [1.165, 1.54) is 0 Å². The van der Waals surface area contributed by atoms with E-state index in [0.29, 0.717) is 17.6 Å². The average molecular weight is 372 g/mol. The van der Waals surface area contributed by atoms with Crippen molar-refractivity contribution in [3.8, 4) is 5.75 Å². The highest BCUT2D eigenvalue weighted by Gasteiger charge is 2.67. The molecule has 140 valence electrons. The molecule has 0 N–H and O–H groups in total. The van der Waals surface area contributed by atoms with E-state index >= 15 is 0 Å². The van der Waals surface area contributed by atoms with Gasteiger partial charge in [0.1, 0.15) is 5.75 Å². The molecule has 28 heavy (non-hydrogen) atoms. The van der Waals surface area contributed by atoms with Gasteiger partial charge in [0.15, 0.2) is 0 Å². The van der Waals surface area contributed by atoms with Gasteiger partial charge in [-0.1, -0.05) is 42.5 Å². The Hall–Kier alpha value is -2.95. The molecule has 1 heterocycles. The Morgan fingerprint density at radius 1 is 1.00 bits per heavy atom. The van der Waals surface area contributed by atoms with Crippen molar-refractivity contribution < 1.29 is 14.3 Å². The molecule has 6 atom stereocenters. The van der Waals surface area contributed by atoms with E-state index < -0.39 is 0 Å². The number of carbonyl (C=O) groups excluding carboxylic acids is 2. The van der Waals surface area contributed by atoms with Gasteiger partial charge in [-0.3, -0.25) is 9.59 Å². The number of amides is 2. The minimum Gasteiger partial charge on any atom is -0.496 e. The second-order valence-electron chi connectivity index (χ2n) is 8.29. The molecule has 4 aliphatic carbocycles. The fourth-order valence-corrected chi connectivity index (χ4v) is 5.76. The molecule has 0 unspecified atom stereocenters. The average Bonchev–Trinajstić information content (AvgIpc) is 3.51. The number of hydrogen-bond acceptors (Lipinski definition) is 4. The predicted octanol–water partition coefficient (Wildman–Crippen LogP) is 3.24. The molecule has 5 nitrogen and oxygen atoms in total. The van der Waals surface area contributed by atoms with Gasteiger partial charge in [0.05, 0.1) is 25.2 Å². The number of carbonyl (C=O) groups is 2. The van der Waals surface area contributed by atoms with Crippen molar-refractivity contribution in [2.24, 2.45) is 40.6 Å². The molecule has 1 saturated heterocycles.